The zero-order valence-corrected chi connectivity index (χ0v) is 12.2. The van der Waals surface area contributed by atoms with Gasteiger partial charge in [0.2, 0.25) is 0 Å². The smallest absolute Gasteiger partial charge is 0.255 e. The van der Waals surface area contributed by atoms with Crippen LogP contribution in [0.5, 0.6) is 0 Å². The topological polar surface area (TPSA) is 35.6 Å². The number of carbonyl (C=O) groups excluding carboxylic acids is 1. The predicted octanol–water partition coefficient (Wildman–Crippen LogP) is 1.18. The van der Waals surface area contributed by atoms with E-state index in [1.165, 1.54) is 6.42 Å². The molecule has 4 nitrogen and oxygen atoms in total. The third-order valence-electron chi connectivity index (χ3n) is 4.24. The number of amides is 1. The molecule has 1 atom stereocenters. The molecule has 2 saturated heterocycles. The number of aryl methyl sites for hydroxylation is 1. The molecule has 104 valence electrons. The van der Waals surface area contributed by atoms with Crippen molar-refractivity contribution in [1.82, 2.24) is 15.1 Å². The number of nitrogens with zero attached hydrogens (tertiary/aromatic N) is 2. The van der Waals surface area contributed by atoms with Crippen LogP contribution in [-0.4, -0.2) is 61.0 Å². The Balaban J connectivity index is 1.58. The molecule has 0 aliphatic carbocycles. The van der Waals surface area contributed by atoms with Crippen LogP contribution in [0.25, 0.3) is 0 Å². The molecule has 5 heteroatoms. The van der Waals surface area contributed by atoms with Gasteiger partial charge >= 0.3 is 0 Å². The first-order valence-corrected chi connectivity index (χ1v) is 7.97. The third-order valence-corrected chi connectivity index (χ3v) is 5.10. The molecule has 1 N–H and O–H groups in total. The van der Waals surface area contributed by atoms with Gasteiger partial charge in [0.05, 0.1) is 5.56 Å². The largest absolute Gasteiger partial charge is 0.336 e. The summed E-state index contributed by atoms with van der Waals surface area (Å²) in [7, 11) is 0. The first-order valence-electron chi connectivity index (χ1n) is 7.02. The summed E-state index contributed by atoms with van der Waals surface area (Å²) in [5.74, 6) is 0.211. The highest BCUT2D eigenvalue weighted by atomic mass is 32.1. The van der Waals surface area contributed by atoms with Crippen LogP contribution >= 0.6 is 11.3 Å². The predicted molar refractivity (Wildman–Crippen MR) is 77.8 cm³/mol. The number of rotatable bonds is 2. The van der Waals surface area contributed by atoms with Gasteiger partial charge in [0.15, 0.2) is 0 Å². The van der Waals surface area contributed by atoms with Gasteiger partial charge in [-0.3, -0.25) is 9.69 Å². The minimum Gasteiger partial charge on any atom is -0.336 e. The van der Waals surface area contributed by atoms with Gasteiger partial charge in [-0.25, -0.2) is 0 Å². The molecule has 0 spiro atoms. The number of hydrogen-bond acceptors (Lipinski definition) is 4. The number of hydrogen-bond donors (Lipinski definition) is 1. The number of thiophene rings is 1. The maximum Gasteiger partial charge on any atom is 0.255 e. The number of piperazine rings is 1. The molecule has 0 aromatic carbocycles. The van der Waals surface area contributed by atoms with Gasteiger partial charge in [-0.1, -0.05) is 0 Å². The van der Waals surface area contributed by atoms with Crippen molar-refractivity contribution in [3.8, 4) is 0 Å². The molecule has 0 saturated carbocycles. The minimum atomic E-state index is 0.211. The van der Waals surface area contributed by atoms with Gasteiger partial charge in [-0.15, -0.1) is 0 Å². The molecule has 3 heterocycles. The molecule has 0 radical (unpaired) electrons. The van der Waals surface area contributed by atoms with Crippen molar-refractivity contribution in [2.24, 2.45) is 0 Å². The molecule has 1 unspecified atom stereocenters. The van der Waals surface area contributed by atoms with Crippen molar-refractivity contribution in [3.63, 3.8) is 0 Å². The summed E-state index contributed by atoms with van der Waals surface area (Å²) in [5.41, 5.74) is 2.00. The maximum atomic E-state index is 12.4. The van der Waals surface area contributed by atoms with Gasteiger partial charge in [0, 0.05) is 44.1 Å². The van der Waals surface area contributed by atoms with Crippen LogP contribution in [0.15, 0.2) is 10.8 Å². The fraction of sp³-hybridized carbons (Fsp3) is 0.643. The zero-order chi connectivity index (χ0) is 13.2. The number of carbonyl (C=O) groups is 1. The summed E-state index contributed by atoms with van der Waals surface area (Å²) in [4.78, 5) is 17.0. The highest BCUT2D eigenvalue weighted by Gasteiger charge is 2.28. The van der Waals surface area contributed by atoms with Crippen molar-refractivity contribution < 1.29 is 4.79 Å². The highest BCUT2D eigenvalue weighted by molar-refractivity contribution is 7.08. The van der Waals surface area contributed by atoms with Crippen molar-refractivity contribution in [2.45, 2.75) is 19.4 Å². The van der Waals surface area contributed by atoms with E-state index in [0.29, 0.717) is 6.04 Å². The highest BCUT2D eigenvalue weighted by Crippen LogP contribution is 2.18. The van der Waals surface area contributed by atoms with E-state index < -0.39 is 0 Å². The molecule has 2 aliphatic heterocycles. The van der Waals surface area contributed by atoms with Crippen LogP contribution < -0.4 is 5.32 Å². The Hall–Kier alpha value is -0.910. The van der Waals surface area contributed by atoms with Crippen LogP contribution in [0, 0.1) is 6.92 Å². The molecule has 2 fully saturated rings. The van der Waals surface area contributed by atoms with Gasteiger partial charge in [-0.2, -0.15) is 11.3 Å². The fourth-order valence-electron chi connectivity index (χ4n) is 2.99. The number of nitrogens with one attached hydrogen (secondary N) is 1. The molecular weight excluding hydrogens is 258 g/mol. The van der Waals surface area contributed by atoms with E-state index in [2.05, 4.69) is 10.2 Å². The second-order valence-electron chi connectivity index (χ2n) is 5.44. The third kappa shape index (κ3) is 2.68. The van der Waals surface area contributed by atoms with E-state index in [0.717, 1.165) is 50.4 Å². The molecule has 1 aromatic heterocycles. The molecule has 0 bridgehead atoms. The van der Waals surface area contributed by atoms with E-state index in [4.69, 9.17) is 0 Å². The van der Waals surface area contributed by atoms with Gasteiger partial charge in [0.1, 0.15) is 0 Å². The lowest BCUT2D eigenvalue weighted by Gasteiger charge is -2.37. The lowest BCUT2D eigenvalue weighted by atomic mass is 10.1. The molecule has 2 aliphatic rings. The normalized spacial score (nSPS) is 24.9. The van der Waals surface area contributed by atoms with Gasteiger partial charge < -0.3 is 10.2 Å². The van der Waals surface area contributed by atoms with Gasteiger partial charge in [0.25, 0.3) is 5.91 Å². The Morgan fingerprint density at radius 2 is 2.11 bits per heavy atom. The lowest BCUT2D eigenvalue weighted by molar-refractivity contribution is 0.0583. The Labute approximate surface area is 118 Å². The first-order chi connectivity index (χ1) is 9.25. The quantitative estimate of drug-likeness (QED) is 0.883. The van der Waals surface area contributed by atoms with E-state index in [9.17, 15) is 4.79 Å². The summed E-state index contributed by atoms with van der Waals surface area (Å²) in [6, 6.07) is 0.681. The van der Waals surface area contributed by atoms with Crippen LogP contribution in [0.4, 0.5) is 0 Å². The average Bonchev–Trinajstić information content (AvgIpc) is 3.09. The van der Waals surface area contributed by atoms with E-state index in [1.807, 2.05) is 22.6 Å². The van der Waals surface area contributed by atoms with Crippen molar-refractivity contribution in [2.75, 3.05) is 39.3 Å². The molecular formula is C14H21N3OS. The monoisotopic (exact) mass is 279 g/mol. The summed E-state index contributed by atoms with van der Waals surface area (Å²) in [6.07, 6.45) is 1.25. The van der Waals surface area contributed by atoms with Crippen LogP contribution in [0.1, 0.15) is 22.3 Å². The minimum absolute atomic E-state index is 0.211. The Bertz CT molecular complexity index is 445. The maximum absolute atomic E-state index is 12.4. The van der Waals surface area contributed by atoms with E-state index >= 15 is 0 Å². The zero-order valence-electron chi connectivity index (χ0n) is 11.4. The second-order valence-corrected chi connectivity index (χ2v) is 6.19. The summed E-state index contributed by atoms with van der Waals surface area (Å²) in [6.45, 7) is 8.03. The van der Waals surface area contributed by atoms with Gasteiger partial charge in [-0.05, 0) is 30.8 Å². The Morgan fingerprint density at radius 1 is 1.32 bits per heavy atom. The average molecular weight is 279 g/mol. The molecule has 1 aromatic rings. The fourth-order valence-corrected chi connectivity index (χ4v) is 3.81. The summed E-state index contributed by atoms with van der Waals surface area (Å²) < 4.78 is 0. The molecule has 1 amide bonds. The van der Waals surface area contributed by atoms with Crippen LogP contribution in [-0.2, 0) is 0 Å². The molecule has 3 rings (SSSR count). The van der Waals surface area contributed by atoms with E-state index in [1.54, 1.807) is 11.3 Å². The Kier molecular flexibility index (Phi) is 3.86. The van der Waals surface area contributed by atoms with E-state index in [-0.39, 0.29) is 5.91 Å². The summed E-state index contributed by atoms with van der Waals surface area (Å²) >= 11 is 1.61. The van der Waals surface area contributed by atoms with Crippen molar-refractivity contribution in [3.05, 3.63) is 21.9 Å². The van der Waals surface area contributed by atoms with Crippen LogP contribution in [0.2, 0.25) is 0 Å². The first kappa shape index (κ1) is 13.1. The Morgan fingerprint density at radius 3 is 2.68 bits per heavy atom. The SMILES string of the molecule is Cc1cscc1C(=O)N1CCN(C2CCNC2)CC1. The summed E-state index contributed by atoms with van der Waals surface area (Å²) in [5, 5.41) is 7.44. The van der Waals surface area contributed by atoms with Crippen LogP contribution in [0.3, 0.4) is 0 Å². The van der Waals surface area contributed by atoms with Crippen molar-refractivity contribution >= 4 is 17.2 Å². The lowest BCUT2D eigenvalue weighted by Crippen LogP contribution is -2.52. The van der Waals surface area contributed by atoms with Crippen molar-refractivity contribution in [1.29, 1.82) is 0 Å². The second kappa shape index (κ2) is 5.61. The molecule has 19 heavy (non-hydrogen) atoms. The standard InChI is InChI=1S/C14H21N3OS/c1-11-9-19-10-13(11)14(18)17-6-4-16(5-7-17)12-2-3-15-8-12/h9-10,12,15H,2-8H2,1H3.